The normalized spacial score (nSPS) is 19.8. The van der Waals surface area contributed by atoms with Gasteiger partial charge in [-0.2, -0.15) is 18.3 Å². The van der Waals surface area contributed by atoms with Crippen molar-refractivity contribution in [1.29, 1.82) is 0 Å². The van der Waals surface area contributed by atoms with Gasteiger partial charge in [0.05, 0.1) is 11.7 Å². The van der Waals surface area contributed by atoms with Crippen molar-refractivity contribution in [1.82, 2.24) is 24.7 Å². The van der Waals surface area contributed by atoms with Crippen molar-refractivity contribution >= 4 is 11.6 Å². The molecule has 1 aliphatic heterocycles. The van der Waals surface area contributed by atoms with Gasteiger partial charge < -0.3 is 9.42 Å². The third kappa shape index (κ3) is 3.05. The summed E-state index contributed by atoms with van der Waals surface area (Å²) in [5.74, 6) is 0.277. The number of amides is 1. The van der Waals surface area contributed by atoms with Crippen molar-refractivity contribution in [2.45, 2.75) is 57.7 Å². The van der Waals surface area contributed by atoms with Crippen LogP contribution in [0.25, 0.3) is 5.65 Å². The summed E-state index contributed by atoms with van der Waals surface area (Å²) in [6.07, 6.45) is -1.42. The molecular formula is C20H20F3N5O2. The lowest BCUT2D eigenvalue weighted by Gasteiger charge is -2.23. The van der Waals surface area contributed by atoms with Crippen molar-refractivity contribution in [3.8, 4) is 0 Å². The maximum Gasteiger partial charge on any atom is 0.433 e. The number of hydrogen-bond donors (Lipinski definition) is 0. The van der Waals surface area contributed by atoms with E-state index in [9.17, 15) is 18.0 Å². The van der Waals surface area contributed by atoms with E-state index in [-0.39, 0.29) is 23.3 Å². The molecule has 5 rings (SSSR count). The van der Waals surface area contributed by atoms with Gasteiger partial charge in [-0.05, 0) is 45.6 Å². The van der Waals surface area contributed by atoms with E-state index < -0.39 is 17.8 Å². The molecule has 7 nitrogen and oxygen atoms in total. The Morgan fingerprint density at radius 3 is 2.60 bits per heavy atom. The van der Waals surface area contributed by atoms with Crippen LogP contribution in [0.2, 0.25) is 0 Å². The van der Waals surface area contributed by atoms with Gasteiger partial charge in [0.2, 0.25) is 0 Å². The SMILES string of the molecule is Cc1noc(C)c1C1CCCN1C(=O)c1cc2nc(C3CC3)cc(C(F)(F)F)n2n1. The smallest absolute Gasteiger partial charge is 0.361 e. The Hall–Kier alpha value is -2.91. The van der Waals surface area contributed by atoms with Gasteiger partial charge >= 0.3 is 6.18 Å². The van der Waals surface area contributed by atoms with Crippen molar-refractivity contribution < 1.29 is 22.5 Å². The van der Waals surface area contributed by atoms with Crippen LogP contribution in [-0.2, 0) is 6.18 Å². The van der Waals surface area contributed by atoms with Crippen LogP contribution in [-0.4, -0.2) is 37.1 Å². The average Bonchev–Trinajstić information content (AvgIpc) is 3.13. The molecule has 1 amide bonds. The molecule has 1 atom stereocenters. The standard InChI is InChI=1S/C20H20F3N5O2/c1-10-18(11(2)30-26-10)15-4-3-7-27(15)19(29)14-9-17-24-13(12-5-6-12)8-16(20(21,22)23)28(17)25-14/h8-9,12,15H,3-7H2,1-2H3. The van der Waals surface area contributed by atoms with Gasteiger partial charge in [0.25, 0.3) is 5.91 Å². The third-order valence-electron chi connectivity index (χ3n) is 5.89. The molecule has 0 aromatic carbocycles. The summed E-state index contributed by atoms with van der Waals surface area (Å²) in [5, 5.41) is 7.97. The molecular weight excluding hydrogens is 399 g/mol. The van der Waals surface area contributed by atoms with Crippen LogP contribution in [0.1, 0.15) is 76.5 Å². The number of rotatable bonds is 3. The van der Waals surface area contributed by atoms with E-state index in [1.165, 1.54) is 6.07 Å². The van der Waals surface area contributed by atoms with Crippen LogP contribution in [0.4, 0.5) is 13.2 Å². The molecule has 3 aromatic rings. The van der Waals surface area contributed by atoms with Gasteiger partial charge in [-0.15, -0.1) is 0 Å². The number of aryl methyl sites for hydroxylation is 2. The molecule has 2 fully saturated rings. The van der Waals surface area contributed by atoms with E-state index in [1.807, 2.05) is 6.92 Å². The first-order valence-electron chi connectivity index (χ1n) is 9.95. The molecule has 1 unspecified atom stereocenters. The van der Waals surface area contributed by atoms with Gasteiger partial charge in [0, 0.05) is 29.8 Å². The Kier molecular flexibility index (Phi) is 4.16. The van der Waals surface area contributed by atoms with Crippen LogP contribution in [0.3, 0.4) is 0 Å². The second kappa shape index (κ2) is 6.55. The second-order valence-electron chi connectivity index (χ2n) is 8.03. The minimum Gasteiger partial charge on any atom is -0.361 e. The van der Waals surface area contributed by atoms with E-state index >= 15 is 0 Å². The van der Waals surface area contributed by atoms with Gasteiger partial charge in [-0.3, -0.25) is 4.79 Å². The maximum absolute atomic E-state index is 13.6. The van der Waals surface area contributed by atoms with Crippen LogP contribution >= 0.6 is 0 Å². The fourth-order valence-electron chi connectivity index (χ4n) is 4.31. The van der Waals surface area contributed by atoms with Gasteiger partial charge in [-0.1, -0.05) is 5.16 Å². The molecule has 0 N–H and O–H groups in total. The van der Waals surface area contributed by atoms with E-state index in [0.29, 0.717) is 23.7 Å². The predicted molar refractivity (Wildman–Crippen MR) is 99.0 cm³/mol. The minimum atomic E-state index is -4.59. The lowest BCUT2D eigenvalue weighted by molar-refractivity contribution is -0.142. The monoisotopic (exact) mass is 419 g/mol. The van der Waals surface area contributed by atoms with E-state index in [1.54, 1.807) is 11.8 Å². The third-order valence-corrected chi connectivity index (χ3v) is 5.89. The Morgan fingerprint density at radius 2 is 1.97 bits per heavy atom. The average molecular weight is 419 g/mol. The highest BCUT2D eigenvalue weighted by molar-refractivity contribution is 5.94. The Morgan fingerprint density at radius 1 is 1.20 bits per heavy atom. The lowest BCUT2D eigenvalue weighted by Crippen LogP contribution is -2.31. The molecule has 1 saturated heterocycles. The van der Waals surface area contributed by atoms with Crippen molar-refractivity contribution in [2.75, 3.05) is 6.54 Å². The quantitative estimate of drug-likeness (QED) is 0.636. The first-order valence-corrected chi connectivity index (χ1v) is 9.95. The molecule has 3 aromatic heterocycles. The Balaban J connectivity index is 1.55. The summed E-state index contributed by atoms with van der Waals surface area (Å²) >= 11 is 0. The second-order valence-corrected chi connectivity index (χ2v) is 8.03. The lowest BCUT2D eigenvalue weighted by atomic mass is 10.0. The maximum atomic E-state index is 13.6. The zero-order chi connectivity index (χ0) is 21.2. The van der Waals surface area contributed by atoms with Gasteiger partial charge in [0.1, 0.15) is 11.5 Å². The predicted octanol–water partition coefficient (Wildman–Crippen LogP) is 4.21. The molecule has 0 spiro atoms. The number of carbonyl (C=O) groups excluding carboxylic acids is 1. The number of carbonyl (C=O) groups is 1. The summed E-state index contributed by atoms with van der Waals surface area (Å²) in [7, 11) is 0. The number of hydrogen-bond acceptors (Lipinski definition) is 5. The van der Waals surface area contributed by atoms with Crippen molar-refractivity contribution in [2.24, 2.45) is 0 Å². The molecule has 10 heteroatoms. The van der Waals surface area contributed by atoms with Crippen molar-refractivity contribution in [3.63, 3.8) is 0 Å². The number of alkyl halides is 3. The first-order chi connectivity index (χ1) is 14.2. The van der Waals surface area contributed by atoms with E-state index in [0.717, 1.165) is 41.8 Å². The molecule has 1 aliphatic carbocycles. The summed E-state index contributed by atoms with van der Waals surface area (Å²) in [5.41, 5.74) is 1.07. The van der Waals surface area contributed by atoms with Crippen LogP contribution in [0, 0.1) is 13.8 Å². The summed E-state index contributed by atoms with van der Waals surface area (Å²) < 4.78 is 46.9. The first kappa shape index (κ1) is 19.1. The number of likely N-dealkylation sites (tertiary alicyclic amines) is 1. The molecule has 1 saturated carbocycles. The Labute approximate surface area is 169 Å². The summed E-state index contributed by atoms with van der Waals surface area (Å²) in [6.45, 7) is 4.10. The van der Waals surface area contributed by atoms with Gasteiger partial charge in [0.15, 0.2) is 11.3 Å². The number of nitrogens with zero attached hydrogens (tertiary/aromatic N) is 5. The molecule has 0 bridgehead atoms. The zero-order valence-electron chi connectivity index (χ0n) is 16.5. The highest BCUT2D eigenvalue weighted by Crippen LogP contribution is 2.41. The van der Waals surface area contributed by atoms with Crippen LogP contribution < -0.4 is 0 Å². The van der Waals surface area contributed by atoms with Crippen LogP contribution in [0.5, 0.6) is 0 Å². The van der Waals surface area contributed by atoms with Gasteiger partial charge in [-0.25, -0.2) is 9.50 Å². The molecule has 2 aliphatic rings. The Bertz CT molecular complexity index is 1130. The zero-order valence-corrected chi connectivity index (χ0v) is 16.5. The molecule has 158 valence electrons. The van der Waals surface area contributed by atoms with E-state index in [4.69, 9.17) is 4.52 Å². The highest BCUT2D eigenvalue weighted by Gasteiger charge is 2.39. The molecule has 4 heterocycles. The number of halogens is 3. The molecule has 0 radical (unpaired) electrons. The minimum absolute atomic E-state index is 0.0420. The topological polar surface area (TPSA) is 76.5 Å². The largest absolute Gasteiger partial charge is 0.433 e. The number of aromatic nitrogens is 4. The van der Waals surface area contributed by atoms with Crippen molar-refractivity contribution in [3.05, 3.63) is 46.2 Å². The highest BCUT2D eigenvalue weighted by atomic mass is 19.4. The summed E-state index contributed by atoms with van der Waals surface area (Å²) in [4.78, 5) is 19.2. The van der Waals surface area contributed by atoms with Crippen LogP contribution in [0.15, 0.2) is 16.7 Å². The van der Waals surface area contributed by atoms with E-state index in [2.05, 4.69) is 15.2 Å². The fourth-order valence-corrected chi connectivity index (χ4v) is 4.31. The summed E-state index contributed by atoms with van der Waals surface area (Å²) in [6, 6.07) is 2.17. The molecule has 30 heavy (non-hydrogen) atoms. The number of fused-ring (bicyclic) bond motifs is 1. The fraction of sp³-hybridized carbons (Fsp3) is 0.500.